The quantitative estimate of drug-likeness (QED) is 0.621. The van der Waals surface area contributed by atoms with Gasteiger partial charge in [-0.25, -0.2) is 0 Å². The number of rotatable bonds is 6. The Labute approximate surface area is 140 Å². The molecule has 0 atom stereocenters. The smallest absolute Gasteiger partial charge is 0.0723 e. The first-order valence-corrected chi connectivity index (χ1v) is 9.58. The van der Waals surface area contributed by atoms with E-state index < -0.39 is 7.92 Å². The average Bonchev–Trinajstić information content (AvgIpc) is 2.62. The number of unbranched alkanes of at least 4 members (excludes halogenated alkanes) is 1. The molecule has 0 bridgehead atoms. The summed E-state index contributed by atoms with van der Waals surface area (Å²) in [5.41, 5.74) is 2.60. The van der Waals surface area contributed by atoms with E-state index in [-0.39, 0.29) is 0 Å². The van der Waals surface area contributed by atoms with Crippen LogP contribution in [-0.4, -0.2) is 4.98 Å². The largest absolute Gasteiger partial charge is 0.256 e. The molecule has 0 spiro atoms. The molecule has 23 heavy (non-hydrogen) atoms. The van der Waals surface area contributed by atoms with Crippen LogP contribution < -0.4 is 16.0 Å². The highest BCUT2D eigenvalue weighted by atomic mass is 31.1. The van der Waals surface area contributed by atoms with Crippen LogP contribution >= 0.6 is 7.92 Å². The molecule has 116 valence electrons. The van der Waals surface area contributed by atoms with E-state index in [2.05, 4.69) is 79.7 Å². The summed E-state index contributed by atoms with van der Waals surface area (Å²) in [5, 5.41) is 2.71. The van der Waals surface area contributed by atoms with E-state index in [1.165, 1.54) is 34.4 Å². The van der Waals surface area contributed by atoms with Gasteiger partial charge in [-0.2, -0.15) is 0 Å². The number of aromatic nitrogens is 1. The van der Waals surface area contributed by atoms with Gasteiger partial charge in [0.25, 0.3) is 0 Å². The molecular weight excluding hydrogens is 297 g/mol. The molecule has 1 heterocycles. The molecule has 0 aliphatic carbocycles. The average molecular weight is 319 g/mol. The topological polar surface area (TPSA) is 12.9 Å². The summed E-state index contributed by atoms with van der Waals surface area (Å²) in [5.74, 6) is 0. The van der Waals surface area contributed by atoms with Crippen LogP contribution in [-0.2, 0) is 6.42 Å². The highest BCUT2D eigenvalue weighted by Gasteiger charge is 2.17. The van der Waals surface area contributed by atoms with Crippen molar-refractivity contribution in [3.8, 4) is 0 Å². The number of hydrogen-bond donors (Lipinski definition) is 0. The summed E-state index contributed by atoms with van der Waals surface area (Å²) >= 11 is 0. The molecule has 1 aromatic heterocycles. The van der Waals surface area contributed by atoms with Gasteiger partial charge in [-0.1, -0.05) is 74.0 Å². The molecule has 3 aromatic rings. The first-order chi connectivity index (χ1) is 11.4. The summed E-state index contributed by atoms with van der Waals surface area (Å²) in [6.07, 6.45) is 5.57. The third-order valence-corrected chi connectivity index (χ3v) is 6.22. The minimum atomic E-state index is -0.588. The van der Waals surface area contributed by atoms with Crippen molar-refractivity contribution in [3.05, 3.63) is 84.6 Å². The SMILES string of the molecule is CCCCc1ccnc(P(c2ccccc2)c2ccccc2)c1. The lowest BCUT2D eigenvalue weighted by Gasteiger charge is -2.18. The van der Waals surface area contributed by atoms with Crippen LogP contribution in [0.3, 0.4) is 0 Å². The summed E-state index contributed by atoms with van der Waals surface area (Å²) in [6, 6.07) is 26.0. The lowest BCUT2D eigenvalue weighted by Crippen LogP contribution is -2.23. The van der Waals surface area contributed by atoms with Gasteiger partial charge in [0, 0.05) is 14.1 Å². The van der Waals surface area contributed by atoms with Crippen molar-refractivity contribution in [1.29, 1.82) is 0 Å². The fourth-order valence-electron chi connectivity index (χ4n) is 2.69. The van der Waals surface area contributed by atoms with Crippen molar-refractivity contribution < 1.29 is 0 Å². The standard InChI is InChI=1S/C21H22NP/c1-2-3-10-18-15-16-22-21(17-18)23(19-11-6-4-7-12-19)20-13-8-5-9-14-20/h4-9,11-17H,2-3,10H2,1H3. The second kappa shape index (κ2) is 8.04. The normalized spacial score (nSPS) is 10.9. The van der Waals surface area contributed by atoms with Crippen LogP contribution in [0.1, 0.15) is 25.3 Å². The van der Waals surface area contributed by atoms with Crippen molar-refractivity contribution in [2.45, 2.75) is 26.2 Å². The summed E-state index contributed by atoms with van der Waals surface area (Å²) < 4.78 is 0. The van der Waals surface area contributed by atoms with Gasteiger partial charge in [0.2, 0.25) is 0 Å². The zero-order valence-electron chi connectivity index (χ0n) is 13.5. The van der Waals surface area contributed by atoms with Crippen molar-refractivity contribution in [2.24, 2.45) is 0 Å². The Hall–Kier alpha value is -1.98. The Morgan fingerprint density at radius 2 is 1.43 bits per heavy atom. The van der Waals surface area contributed by atoms with E-state index in [1.807, 2.05) is 6.20 Å². The number of aryl methyl sites for hydroxylation is 1. The zero-order valence-corrected chi connectivity index (χ0v) is 14.4. The summed E-state index contributed by atoms with van der Waals surface area (Å²) in [7, 11) is -0.588. The summed E-state index contributed by atoms with van der Waals surface area (Å²) in [6.45, 7) is 2.24. The third-order valence-electron chi connectivity index (χ3n) is 3.89. The maximum absolute atomic E-state index is 4.73. The van der Waals surface area contributed by atoms with Crippen LogP contribution in [0.5, 0.6) is 0 Å². The molecule has 0 radical (unpaired) electrons. The fraction of sp³-hybridized carbons (Fsp3) is 0.190. The molecule has 0 N–H and O–H groups in total. The van der Waals surface area contributed by atoms with E-state index in [0.717, 1.165) is 6.42 Å². The lowest BCUT2D eigenvalue weighted by molar-refractivity contribution is 0.794. The Kier molecular flexibility index (Phi) is 5.56. The molecule has 0 saturated carbocycles. The molecule has 0 unspecified atom stereocenters. The van der Waals surface area contributed by atoms with Gasteiger partial charge in [-0.05, 0) is 41.1 Å². The Bertz CT molecular complexity index is 686. The fourth-order valence-corrected chi connectivity index (χ4v) is 4.93. The van der Waals surface area contributed by atoms with Gasteiger partial charge in [0.05, 0.1) is 5.44 Å². The van der Waals surface area contributed by atoms with E-state index in [4.69, 9.17) is 4.98 Å². The predicted molar refractivity (Wildman–Crippen MR) is 102 cm³/mol. The second-order valence-corrected chi connectivity index (χ2v) is 7.79. The van der Waals surface area contributed by atoms with Gasteiger partial charge >= 0.3 is 0 Å². The Balaban J connectivity index is 2.02. The van der Waals surface area contributed by atoms with E-state index >= 15 is 0 Å². The predicted octanol–water partition coefficient (Wildman–Crippen LogP) is 4.18. The number of nitrogens with zero attached hydrogens (tertiary/aromatic N) is 1. The molecular formula is C21H22NP. The van der Waals surface area contributed by atoms with Crippen LogP contribution in [0.2, 0.25) is 0 Å². The van der Waals surface area contributed by atoms with E-state index in [9.17, 15) is 0 Å². The molecule has 3 rings (SSSR count). The third kappa shape index (κ3) is 4.06. The molecule has 0 aliphatic heterocycles. The second-order valence-electron chi connectivity index (χ2n) is 5.63. The Morgan fingerprint density at radius 1 is 0.826 bits per heavy atom. The minimum Gasteiger partial charge on any atom is -0.256 e. The molecule has 2 heteroatoms. The molecule has 0 saturated heterocycles. The highest BCUT2D eigenvalue weighted by Crippen LogP contribution is 2.31. The van der Waals surface area contributed by atoms with Crippen LogP contribution in [0.15, 0.2) is 79.0 Å². The van der Waals surface area contributed by atoms with Gasteiger partial charge in [0.1, 0.15) is 0 Å². The molecule has 2 aromatic carbocycles. The van der Waals surface area contributed by atoms with Gasteiger partial charge in [-0.15, -0.1) is 0 Å². The van der Waals surface area contributed by atoms with Crippen LogP contribution in [0.4, 0.5) is 0 Å². The molecule has 0 amide bonds. The molecule has 1 nitrogen and oxygen atoms in total. The van der Waals surface area contributed by atoms with Gasteiger partial charge in [0.15, 0.2) is 0 Å². The van der Waals surface area contributed by atoms with Crippen LogP contribution in [0.25, 0.3) is 0 Å². The zero-order chi connectivity index (χ0) is 15.9. The maximum Gasteiger partial charge on any atom is 0.0723 e. The molecule has 0 fully saturated rings. The van der Waals surface area contributed by atoms with Crippen molar-refractivity contribution in [3.63, 3.8) is 0 Å². The lowest BCUT2D eigenvalue weighted by atomic mass is 10.1. The number of hydrogen-bond acceptors (Lipinski definition) is 1. The van der Waals surface area contributed by atoms with Crippen molar-refractivity contribution >= 4 is 24.0 Å². The van der Waals surface area contributed by atoms with E-state index in [0.29, 0.717) is 0 Å². The first kappa shape index (κ1) is 15.9. The minimum absolute atomic E-state index is 0.588. The highest BCUT2D eigenvalue weighted by molar-refractivity contribution is 7.79. The number of benzene rings is 2. The van der Waals surface area contributed by atoms with Crippen molar-refractivity contribution in [2.75, 3.05) is 0 Å². The van der Waals surface area contributed by atoms with Gasteiger partial charge in [-0.3, -0.25) is 4.98 Å². The van der Waals surface area contributed by atoms with E-state index in [1.54, 1.807) is 0 Å². The first-order valence-electron chi connectivity index (χ1n) is 8.23. The number of pyridine rings is 1. The van der Waals surface area contributed by atoms with Crippen LogP contribution in [0, 0.1) is 0 Å². The monoisotopic (exact) mass is 319 g/mol. The van der Waals surface area contributed by atoms with Gasteiger partial charge < -0.3 is 0 Å². The summed E-state index contributed by atoms with van der Waals surface area (Å²) in [4.78, 5) is 4.73. The van der Waals surface area contributed by atoms with Crippen molar-refractivity contribution in [1.82, 2.24) is 4.98 Å². The Morgan fingerprint density at radius 3 is 2.00 bits per heavy atom. The molecule has 0 aliphatic rings. The maximum atomic E-state index is 4.73.